The summed E-state index contributed by atoms with van der Waals surface area (Å²) in [4.78, 5) is 0. The van der Waals surface area contributed by atoms with E-state index in [0.717, 1.165) is 18.3 Å². The number of thioether (sulfide) groups is 1. The van der Waals surface area contributed by atoms with Gasteiger partial charge >= 0.3 is 0 Å². The minimum Gasteiger partial charge on any atom is -0.308 e. The van der Waals surface area contributed by atoms with Gasteiger partial charge in [0.2, 0.25) is 0 Å². The molecule has 114 valence electrons. The van der Waals surface area contributed by atoms with Crippen molar-refractivity contribution in [2.75, 3.05) is 12.3 Å². The average Bonchev–Trinajstić information content (AvgIpc) is 2.97. The lowest BCUT2D eigenvalue weighted by molar-refractivity contribution is 0.503. The van der Waals surface area contributed by atoms with Gasteiger partial charge in [-0.15, -0.1) is 0 Å². The van der Waals surface area contributed by atoms with Crippen LogP contribution in [0.15, 0.2) is 12.3 Å². The van der Waals surface area contributed by atoms with Crippen molar-refractivity contribution in [1.29, 1.82) is 0 Å². The van der Waals surface area contributed by atoms with Gasteiger partial charge in [-0.2, -0.15) is 16.9 Å². The van der Waals surface area contributed by atoms with Crippen molar-refractivity contribution in [3.63, 3.8) is 0 Å². The first kappa shape index (κ1) is 15.9. The van der Waals surface area contributed by atoms with Crippen molar-refractivity contribution < 1.29 is 0 Å². The van der Waals surface area contributed by atoms with E-state index < -0.39 is 0 Å². The molecule has 1 aromatic rings. The summed E-state index contributed by atoms with van der Waals surface area (Å²) in [5.74, 6) is 1.18. The third kappa shape index (κ3) is 4.52. The van der Waals surface area contributed by atoms with Gasteiger partial charge < -0.3 is 5.32 Å². The number of rotatable bonds is 8. The molecule has 0 bridgehead atoms. The van der Waals surface area contributed by atoms with E-state index in [4.69, 9.17) is 0 Å². The first-order chi connectivity index (χ1) is 9.85. The van der Waals surface area contributed by atoms with E-state index in [1.54, 1.807) is 0 Å². The molecule has 1 fully saturated rings. The molecule has 1 aliphatic carbocycles. The highest BCUT2D eigenvalue weighted by molar-refractivity contribution is 7.99. The van der Waals surface area contributed by atoms with E-state index in [1.807, 2.05) is 6.20 Å². The maximum atomic E-state index is 4.43. The van der Waals surface area contributed by atoms with Crippen molar-refractivity contribution in [3.8, 4) is 0 Å². The summed E-state index contributed by atoms with van der Waals surface area (Å²) in [5.41, 5.74) is 1.35. The third-order valence-electron chi connectivity index (χ3n) is 4.10. The third-order valence-corrected chi connectivity index (χ3v) is 5.57. The predicted octanol–water partition coefficient (Wildman–Crippen LogP) is 4.01. The molecule has 0 spiro atoms. The molecule has 1 unspecified atom stereocenters. The van der Waals surface area contributed by atoms with Crippen LogP contribution in [-0.2, 0) is 6.54 Å². The Morgan fingerprint density at radius 2 is 2.15 bits per heavy atom. The number of nitrogens with zero attached hydrogens (tertiary/aromatic N) is 2. The molecule has 3 nitrogen and oxygen atoms in total. The van der Waals surface area contributed by atoms with Gasteiger partial charge in [-0.25, -0.2) is 0 Å². The molecule has 1 heterocycles. The number of nitrogens with one attached hydrogen (secondary N) is 1. The first-order valence-corrected chi connectivity index (χ1v) is 9.26. The smallest absolute Gasteiger partial charge is 0.0583 e. The number of hydrogen-bond acceptors (Lipinski definition) is 3. The summed E-state index contributed by atoms with van der Waals surface area (Å²) in [7, 11) is 0. The van der Waals surface area contributed by atoms with Crippen molar-refractivity contribution in [1.82, 2.24) is 15.1 Å². The second kappa shape index (κ2) is 8.73. The molecule has 0 amide bonds. The Kier molecular flexibility index (Phi) is 6.94. The molecule has 1 N–H and O–H groups in total. The minimum atomic E-state index is 0.448. The lowest BCUT2D eigenvalue weighted by Gasteiger charge is -2.25. The van der Waals surface area contributed by atoms with Crippen LogP contribution in [0.5, 0.6) is 0 Å². The molecule has 1 aromatic heterocycles. The molecule has 1 aliphatic rings. The van der Waals surface area contributed by atoms with Crippen LogP contribution >= 0.6 is 11.8 Å². The summed E-state index contributed by atoms with van der Waals surface area (Å²) in [6, 6.07) is 2.63. The highest BCUT2D eigenvalue weighted by Crippen LogP contribution is 2.31. The fraction of sp³-hybridized carbons (Fsp3) is 0.812. The Morgan fingerprint density at radius 3 is 2.85 bits per heavy atom. The van der Waals surface area contributed by atoms with Gasteiger partial charge in [0.15, 0.2) is 0 Å². The van der Waals surface area contributed by atoms with Crippen LogP contribution in [0.2, 0.25) is 0 Å². The normalized spacial score (nSPS) is 18.3. The zero-order valence-corrected chi connectivity index (χ0v) is 13.8. The molecule has 0 saturated heterocycles. The Hall–Kier alpha value is -0.480. The van der Waals surface area contributed by atoms with E-state index in [0.29, 0.717) is 6.04 Å². The maximum Gasteiger partial charge on any atom is 0.0583 e. The van der Waals surface area contributed by atoms with E-state index in [9.17, 15) is 0 Å². The van der Waals surface area contributed by atoms with Crippen LogP contribution < -0.4 is 5.32 Å². The lowest BCUT2D eigenvalue weighted by Crippen LogP contribution is -2.27. The Morgan fingerprint density at radius 1 is 1.35 bits per heavy atom. The van der Waals surface area contributed by atoms with Crippen LogP contribution in [0.25, 0.3) is 0 Å². The fourth-order valence-corrected chi connectivity index (χ4v) is 4.35. The van der Waals surface area contributed by atoms with Crippen LogP contribution in [0.4, 0.5) is 0 Å². The molecule has 2 rings (SSSR count). The number of aryl methyl sites for hydroxylation is 1. The second-order valence-electron chi connectivity index (χ2n) is 5.67. The van der Waals surface area contributed by atoms with E-state index >= 15 is 0 Å². The maximum absolute atomic E-state index is 4.43. The first-order valence-electron chi connectivity index (χ1n) is 8.21. The summed E-state index contributed by atoms with van der Waals surface area (Å²) >= 11 is 2.17. The van der Waals surface area contributed by atoms with Crippen molar-refractivity contribution in [2.24, 2.45) is 0 Å². The highest BCUT2D eigenvalue weighted by atomic mass is 32.2. The summed E-state index contributed by atoms with van der Waals surface area (Å²) in [6.07, 6.45) is 10.2. The Balaban J connectivity index is 1.92. The zero-order valence-electron chi connectivity index (χ0n) is 13.0. The monoisotopic (exact) mass is 295 g/mol. The zero-order chi connectivity index (χ0) is 14.2. The van der Waals surface area contributed by atoms with Gasteiger partial charge in [0.05, 0.1) is 11.7 Å². The molecule has 0 aliphatic heterocycles. The van der Waals surface area contributed by atoms with Crippen molar-refractivity contribution in [3.05, 3.63) is 18.0 Å². The highest BCUT2D eigenvalue weighted by Gasteiger charge is 2.19. The van der Waals surface area contributed by atoms with Gasteiger partial charge in [0.1, 0.15) is 0 Å². The second-order valence-corrected chi connectivity index (χ2v) is 7.01. The average molecular weight is 295 g/mol. The number of aromatic nitrogens is 2. The Bertz CT molecular complexity index is 372. The SMILES string of the molecule is CCCNC(CSC1CCCCC1)c1ccnn1CC. The van der Waals surface area contributed by atoms with Crippen molar-refractivity contribution >= 4 is 11.8 Å². The largest absolute Gasteiger partial charge is 0.308 e. The fourth-order valence-electron chi connectivity index (χ4n) is 2.93. The van der Waals surface area contributed by atoms with Gasteiger partial charge in [-0.3, -0.25) is 4.68 Å². The van der Waals surface area contributed by atoms with E-state index in [2.05, 4.69) is 46.8 Å². The van der Waals surface area contributed by atoms with E-state index in [-0.39, 0.29) is 0 Å². The molecular weight excluding hydrogens is 266 g/mol. The molecule has 0 radical (unpaired) electrons. The topological polar surface area (TPSA) is 29.9 Å². The molecule has 20 heavy (non-hydrogen) atoms. The predicted molar refractivity (Wildman–Crippen MR) is 88.3 cm³/mol. The summed E-state index contributed by atoms with van der Waals surface area (Å²) < 4.78 is 2.13. The molecule has 4 heteroatoms. The molecule has 0 aromatic carbocycles. The van der Waals surface area contributed by atoms with Gasteiger partial charge in [-0.1, -0.05) is 26.2 Å². The summed E-state index contributed by atoms with van der Waals surface area (Å²) in [6.45, 7) is 6.45. The van der Waals surface area contributed by atoms with Crippen LogP contribution in [0.3, 0.4) is 0 Å². The van der Waals surface area contributed by atoms with Gasteiger partial charge in [0, 0.05) is 23.7 Å². The van der Waals surface area contributed by atoms with E-state index in [1.165, 1.54) is 50.0 Å². The molecule has 1 saturated carbocycles. The Labute approximate surface area is 127 Å². The molecule has 1 atom stereocenters. The van der Waals surface area contributed by atoms with Gasteiger partial charge in [-0.05, 0) is 38.8 Å². The molecular formula is C16H29N3S. The number of hydrogen-bond donors (Lipinski definition) is 1. The van der Waals surface area contributed by atoms with Crippen LogP contribution in [0, 0.1) is 0 Å². The minimum absolute atomic E-state index is 0.448. The van der Waals surface area contributed by atoms with Crippen LogP contribution in [0.1, 0.15) is 64.1 Å². The standard InChI is InChI=1S/C16H29N3S/c1-3-11-17-15(16-10-12-18-19(16)4-2)13-20-14-8-6-5-7-9-14/h10,12,14-15,17H,3-9,11,13H2,1-2H3. The van der Waals surface area contributed by atoms with Crippen LogP contribution in [-0.4, -0.2) is 27.3 Å². The lowest BCUT2D eigenvalue weighted by atomic mass is 10.0. The van der Waals surface area contributed by atoms with Gasteiger partial charge in [0.25, 0.3) is 0 Å². The quantitative estimate of drug-likeness (QED) is 0.786. The van der Waals surface area contributed by atoms with Crippen molar-refractivity contribution in [2.45, 2.75) is 70.2 Å². The summed E-state index contributed by atoms with van der Waals surface area (Å²) in [5, 5.41) is 9.01.